The highest BCUT2D eigenvalue weighted by molar-refractivity contribution is 5.89. The molecular weight excluding hydrogens is 188 g/mol. The van der Waals surface area contributed by atoms with Gasteiger partial charge in [0.05, 0.1) is 12.7 Å². The fourth-order valence-corrected chi connectivity index (χ4v) is 1.34. The van der Waals surface area contributed by atoms with E-state index >= 15 is 0 Å². The van der Waals surface area contributed by atoms with Crippen LogP contribution in [0.4, 0.5) is 0 Å². The summed E-state index contributed by atoms with van der Waals surface area (Å²) < 4.78 is 4.62. The maximum Gasteiger partial charge on any atom is 0.337 e. The van der Waals surface area contributed by atoms with Crippen LogP contribution in [0, 0.1) is 0 Å². The molecule has 0 aliphatic carbocycles. The number of ether oxygens (including phenoxy) is 1. The van der Waals surface area contributed by atoms with E-state index in [-0.39, 0.29) is 5.97 Å². The van der Waals surface area contributed by atoms with Crippen LogP contribution >= 0.6 is 0 Å². The van der Waals surface area contributed by atoms with Crippen LogP contribution in [0.25, 0.3) is 0 Å². The Morgan fingerprint density at radius 2 is 2.00 bits per heavy atom. The second-order valence-corrected chi connectivity index (χ2v) is 3.30. The van der Waals surface area contributed by atoms with Gasteiger partial charge in [-0.25, -0.2) is 4.79 Å². The van der Waals surface area contributed by atoms with Crippen molar-refractivity contribution in [3.8, 4) is 0 Å². The van der Waals surface area contributed by atoms with Gasteiger partial charge in [-0.05, 0) is 37.5 Å². The van der Waals surface area contributed by atoms with Crippen LogP contribution in [0.1, 0.15) is 29.3 Å². The molecule has 80 valence electrons. The Bertz CT molecular complexity index is 336. The molecule has 0 saturated heterocycles. The van der Waals surface area contributed by atoms with E-state index in [4.69, 9.17) is 0 Å². The molecule has 0 N–H and O–H groups in total. The molecule has 0 amide bonds. The van der Waals surface area contributed by atoms with E-state index < -0.39 is 0 Å². The Balaban J connectivity index is 2.60. The van der Waals surface area contributed by atoms with Crippen molar-refractivity contribution < 1.29 is 9.53 Å². The summed E-state index contributed by atoms with van der Waals surface area (Å²) in [5.41, 5.74) is 1.84. The summed E-state index contributed by atoms with van der Waals surface area (Å²) in [6.07, 6.45) is 6.22. The molecule has 0 atom stereocenters. The Kier molecular flexibility index (Phi) is 4.61. The molecule has 2 heteroatoms. The number of rotatable bonds is 4. The zero-order valence-corrected chi connectivity index (χ0v) is 9.19. The summed E-state index contributed by atoms with van der Waals surface area (Å²) in [5.74, 6) is -0.282. The van der Waals surface area contributed by atoms with Gasteiger partial charge in [0.2, 0.25) is 0 Å². The first-order chi connectivity index (χ1) is 7.27. The molecule has 1 aromatic rings. The SMILES string of the molecule is C/C=C/CCc1ccc(C(=O)OC)cc1. The lowest BCUT2D eigenvalue weighted by Gasteiger charge is -2.01. The third kappa shape index (κ3) is 3.58. The average Bonchev–Trinajstić information content (AvgIpc) is 2.29. The van der Waals surface area contributed by atoms with Crippen molar-refractivity contribution in [2.45, 2.75) is 19.8 Å². The standard InChI is InChI=1S/C13H16O2/c1-3-4-5-6-11-7-9-12(10-8-11)13(14)15-2/h3-4,7-10H,5-6H2,1-2H3/b4-3+. The molecule has 0 radical (unpaired) electrons. The van der Waals surface area contributed by atoms with Crippen LogP contribution in [0.3, 0.4) is 0 Å². The van der Waals surface area contributed by atoms with Gasteiger partial charge in [0, 0.05) is 0 Å². The molecule has 15 heavy (non-hydrogen) atoms. The molecular formula is C13H16O2. The van der Waals surface area contributed by atoms with Crippen molar-refractivity contribution in [3.63, 3.8) is 0 Å². The fraction of sp³-hybridized carbons (Fsp3) is 0.308. The van der Waals surface area contributed by atoms with Crippen LogP contribution in [0.5, 0.6) is 0 Å². The van der Waals surface area contributed by atoms with Crippen molar-refractivity contribution >= 4 is 5.97 Å². The number of aryl methyl sites for hydroxylation is 1. The maximum absolute atomic E-state index is 11.2. The van der Waals surface area contributed by atoms with Gasteiger partial charge in [-0.1, -0.05) is 24.3 Å². The smallest absolute Gasteiger partial charge is 0.337 e. The quantitative estimate of drug-likeness (QED) is 0.556. The first-order valence-corrected chi connectivity index (χ1v) is 5.06. The largest absolute Gasteiger partial charge is 0.465 e. The molecule has 1 rings (SSSR count). The summed E-state index contributed by atoms with van der Waals surface area (Å²) >= 11 is 0. The normalized spacial score (nSPS) is 10.5. The van der Waals surface area contributed by atoms with Gasteiger partial charge in [-0.3, -0.25) is 0 Å². The Morgan fingerprint density at radius 1 is 1.33 bits per heavy atom. The minimum atomic E-state index is -0.282. The third-order valence-corrected chi connectivity index (χ3v) is 2.21. The second kappa shape index (κ2) is 6.02. The number of benzene rings is 1. The number of methoxy groups -OCH3 is 1. The number of allylic oxidation sites excluding steroid dienone is 2. The minimum Gasteiger partial charge on any atom is -0.465 e. The number of hydrogen-bond donors (Lipinski definition) is 0. The lowest BCUT2D eigenvalue weighted by atomic mass is 10.1. The van der Waals surface area contributed by atoms with Crippen LogP contribution < -0.4 is 0 Å². The molecule has 0 spiro atoms. The van der Waals surface area contributed by atoms with Crippen molar-refractivity contribution in [1.29, 1.82) is 0 Å². The van der Waals surface area contributed by atoms with E-state index in [1.807, 2.05) is 25.1 Å². The molecule has 0 unspecified atom stereocenters. The van der Waals surface area contributed by atoms with Gasteiger partial charge >= 0.3 is 5.97 Å². The fourth-order valence-electron chi connectivity index (χ4n) is 1.34. The molecule has 0 fully saturated rings. The van der Waals surface area contributed by atoms with Crippen LogP contribution in [0.15, 0.2) is 36.4 Å². The highest BCUT2D eigenvalue weighted by atomic mass is 16.5. The first-order valence-electron chi connectivity index (χ1n) is 5.06. The molecule has 0 heterocycles. The zero-order valence-electron chi connectivity index (χ0n) is 9.19. The summed E-state index contributed by atoms with van der Waals surface area (Å²) in [4.78, 5) is 11.2. The Labute approximate surface area is 90.6 Å². The van der Waals surface area contributed by atoms with E-state index in [9.17, 15) is 4.79 Å². The molecule has 1 aromatic carbocycles. The van der Waals surface area contributed by atoms with Gasteiger partial charge in [0.1, 0.15) is 0 Å². The monoisotopic (exact) mass is 204 g/mol. The van der Waals surface area contributed by atoms with Crippen molar-refractivity contribution in [2.24, 2.45) is 0 Å². The minimum absolute atomic E-state index is 0.282. The molecule has 2 nitrogen and oxygen atoms in total. The lowest BCUT2D eigenvalue weighted by molar-refractivity contribution is 0.0600. The van der Waals surface area contributed by atoms with Crippen LogP contribution in [-0.4, -0.2) is 13.1 Å². The molecule has 0 bridgehead atoms. The molecule has 0 aliphatic heterocycles. The number of esters is 1. The van der Waals surface area contributed by atoms with Gasteiger partial charge in [-0.2, -0.15) is 0 Å². The first kappa shape index (κ1) is 11.5. The summed E-state index contributed by atoms with van der Waals surface area (Å²) in [7, 11) is 1.39. The van der Waals surface area contributed by atoms with E-state index in [0.717, 1.165) is 12.8 Å². The molecule has 0 aromatic heterocycles. The van der Waals surface area contributed by atoms with Crippen molar-refractivity contribution in [1.82, 2.24) is 0 Å². The Morgan fingerprint density at radius 3 is 2.53 bits per heavy atom. The summed E-state index contributed by atoms with van der Waals surface area (Å²) in [5, 5.41) is 0. The summed E-state index contributed by atoms with van der Waals surface area (Å²) in [6, 6.07) is 7.54. The second-order valence-electron chi connectivity index (χ2n) is 3.30. The van der Waals surface area contributed by atoms with Gasteiger partial charge < -0.3 is 4.74 Å². The van der Waals surface area contributed by atoms with E-state index in [1.54, 1.807) is 12.1 Å². The van der Waals surface area contributed by atoms with Gasteiger partial charge in [-0.15, -0.1) is 0 Å². The molecule has 0 saturated carbocycles. The predicted molar refractivity (Wildman–Crippen MR) is 60.9 cm³/mol. The van der Waals surface area contributed by atoms with Crippen LogP contribution in [0.2, 0.25) is 0 Å². The number of carbonyl (C=O) groups excluding carboxylic acids is 1. The molecule has 0 aliphatic rings. The topological polar surface area (TPSA) is 26.3 Å². The Hall–Kier alpha value is -1.57. The number of carbonyl (C=O) groups is 1. The highest BCUT2D eigenvalue weighted by Gasteiger charge is 2.03. The van der Waals surface area contributed by atoms with E-state index in [0.29, 0.717) is 5.56 Å². The van der Waals surface area contributed by atoms with E-state index in [1.165, 1.54) is 12.7 Å². The zero-order chi connectivity index (χ0) is 11.1. The number of hydrogen-bond acceptors (Lipinski definition) is 2. The highest BCUT2D eigenvalue weighted by Crippen LogP contribution is 2.08. The summed E-state index contributed by atoms with van der Waals surface area (Å²) in [6.45, 7) is 2.01. The van der Waals surface area contributed by atoms with Gasteiger partial charge in [0.15, 0.2) is 0 Å². The third-order valence-electron chi connectivity index (χ3n) is 2.21. The predicted octanol–water partition coefficient (Wildman–Crippen LogP) is 2.98. The lowest BCUT2D eigenvalue weighted by Crippen LogP contribution is -2.00. The van der Waals surface area contributed by atoms with E-state index in [2.05, 4.69) is 10.8 Å². The van der Waals surface area contributed by atoms with Crippen LogP contribution in [-0.2, 0) is 11.2 Å². The van der Waals surface area contributed by atoms with Crippen molar-refractivity contribution in [3.05, 3.63) is 47.5 Å². The van der Waals surface area contributed by atoms with Crippen molar-refractivity contribution in [2.75, 3.05) is 7.11 Å². The maximum atomic E-state index is 11.2. The average molecular weight is 204 g/mol. The van der Waals surface area contributed by atoms with Gasteiger partial charge in [0.25, 0.3) is 0 Å².